The van der Waals surface area contributed by atoms with Gasteiger partial charge in [0.25, 0.3) is 0 Å². The number of hydrogen-bond acceptors (Lipinski definition) is 0. The van der Waals surface area contributed by atoms with Gasteiger partial charge in [-0.15, -0.1) is 0 Å². The summed E-state index contributed by atoms with van der Waals surface area (Å²) in [5.74, 6) is 0. The van der Waals surface area contributed by atoms with E-state index in [1.54, 1.807) is 0 Å². The van der Waals surface area contributed by atoms with Gasteiger partial charge in [-0.25, -0.2) is 0 Å². The number of aryl methyl sites for hydroxylation is 2. The maximum Gasteiger partial charge on any atom is 0.0713 e. The molecular weight excluding hydrogens is 324 g/mol. The summed E-state index contributed by atoms with van der Waals surface area (Å²) < 4.78 is 0. The van der Waals surface area contributed by atoms with E-state index in [1.165, 1.54) is 44.5 Å². The minimum Gasteiger partial charge on any atom is -0.0622 e. The van der Waals surface area contributed by atoms with Gasteiger partial charge in [-0.1, -0.05) is 108 Å². The second kappa shape index (κ2) is 5.96. The highest BCUT2D eigenvalue weighted by atomic mass is 14.5. The summed E-state index contributed by atoms with van der Waals surface area (Å²) in [4.78, 5) is 0. The van der Waals surface area contributed by atoms with Crippen molar-refractivity contribution >= 4 is 0 Å². The molecule has 130 valence electrons. The maximum absolute atomic E-state index is 2.38. The molecule has 0 radical (unpaired) electrons. The van der Waals surface area contributed by atoms with Crippen LogP contribution in [0, 0.1) is 13.8 Å². The zero-order chi connectivity index (χ0) is 18.4. The lowest BCUT2D eigenvalue weighted by atomic mass is 9.67. The molecule has 1 unspecified atom stereocenters. The molecule has 0 heteroatoms. The minimum atomic E-state index is -0.271. The van der Waals surface area contributed by atoms with Gasteiger partial charge in [0.05, 0.1) is 5.41 Å². The Morgan fingerprint density at radius 1 is 0.481 bits per heavy atom. The molecule has 0 bridgehead atoms. The molecule has 0 nitrogen and oxygen atoms in total. The first-order valence-electron chi connectivity index (χ1n) is 9.55. The monoisotopic (exact) mass is 346 g/mol. The molecule has 27 heavy (non-hydrogen) atoms. The van der Waals surface area contributed by atoms with Gasteiger partial charge in [0.15, 0.2) is 0 Å². The quantitative estimate of drug-likeness (QED) is 0.335. The third kappa shape index (κ3) is 2.23. The average molecular weight is 346 g/mol. The Morgan fingerprint density at radius 3 is 1.85 bits per heavy atom. The highest BCUT2D eigenvalue weighted by Crippen LogP contribution is 2.56. The van der Waals surface area contributed by atoms with Crippen molar-refractivity contribution < 1.29 is 0 Å². The van der Waals surface area contributed by atoms with E-state index in [0.29, 0.717) is 0 Å². The molecule has 0 aliphatic heterocycles. The molecule has 1 aliphatic rings. The summed E-state index contributed by atoms with van der Waals surface area (Å²) in [6, 6.07) is 35.8. The summed E-state index contributed by atoms with van der Waals surface area (Å²) in [7, 11) is 0. The average Bonchev–Trinajstić information content (AvgIpc) is 3.00. The van der Waals surface area contributed by atoms with Gasteiger partial charge in [-0.2, -0.15) is 0 Å². The predicted octanol–water partition coefficient (Wildman–Crippen LogP) is 6.67. The molecule has 4 aromatic carbocycles. The molecule has 4 aromatic rings. The summed E-state index contributed by atoms with van der Waals surface area (Å²) >= 11 is 0. The Morgan fingerprint density at radius 2 is 1.07 bits per heavy atom. The zero-order valence-electron chi connectivity index (χ0n) is 15.7. The lowest BCUT2D eigenvalue weighted by Crippen LogP contribution is -2.28. The van der Waals surface area contributed by atoms with Crippen LogP contribution in [-0.2, 0) is 5.41 Å². The largest absolute Gasteiger partial charge is 0.0713 e. The number of rotatable bonds is 2. The third-order valence-corrected chi connectivity index (χ3v) is 5.89. The molecule has 0 heterocycles. The molecule has 0 N–H and O–H groups in total. The van der Waals surface area contributed by atoms with Crippen LogP contribution in [0.15, 0.2) is 97.1 Å². The first-order chi connectivity index (χ1) is 13.2. The van der Waals surface area contributed by atoms with E-state index in [1.807, 2.05) is 0 Å². The van der Waals surface area contributed by atoms with Gasteiger partial charge >= 0.3 is 0 Å². The second-order valence-corrected chi connectivity index (χ2v) is 7.58. The van der Waals surface area contributed by atoms with Crippen LogP contribution in [0.1, 0.15) is 33.4 Å². The molecular formula is C27H22. The van der Waals surface area contributed by atoms with E-state index < -0.39 is 0 Å². The lowest BCUT2D eigenvalue weighted by Gasteiger charge is -2.34. The van der Waals surface area contributed by atoms with Gasteiger partial charge < -0.3 is 0 Å². The standard InChI is InChI=1S/C27H22/c1-19-12-15-22(16-13-19)27(21-8-4-3-5-9-21)25-11-7-6-10-23(25)24-17-14-20(2)18-26(24)27/h3-18H,1-2H3. The SMILES string of the molecule is Cc1ccc(C2(c3ccccc3)c3ccccc3-c3ccc(C)cc32)cc1. The van der Waals surface area contributed by atoms with Crippen LogP contribution in [0.25, 0.3) is 11.1 Å². The van der Waals surface area contributed by atoms with Crippen LogP contribution in [0.5, 0.6) is 0 Å². The van der Waals surface area contributed by atoms with Gasteiger partial charge in [0.1, 0.15) is 0 Å². The van der Waals surface area contributed by atoms with Gasteiger partial charge in [0, 0.05) is 0 Å². The summed E-state index contributed by atoms with van der Waals surface area (Å²) in [6.07, 6.45) is 0. The van der Waals surface area contributed by atoms with Crippen molar-refractivity contribution in [1.82, 2.24) is 0 Å². The molecule has 0 amide bonds. The maximum atomic E-state index is 2.38. The van der Waals surface area contributed by atoms with Crippen molar-refractivity contribution in [2.75, 3.05) is 0 Å². The van der Waals surface area contributed by atoms with Crippen molar-refractivity contribution in [2.24, 2.45) is 0 Å². The van der Waals surface area contributed by atoms with Crippen LogP contribution in [0.3, 0.4) is 0 Å². The van der Waals surface area contributed by atoms with Crippen molar-refractivity contribution in [3.63, 3.8) is 0 Å². The number of benzene rings is 4. The topological polar surface area (TPSA) is 0 Å². The van der Waals surface area contributed by atoms with Gasteiger partial charge in [0.2, 0.25) is 0 Å². The number of fused-ring (bicyclic) bond motifs is 3. The van der Waals surface area contributed by atoms with E-state index in [9.17, 15) is 0 Å². The fourth-order valence-electron chi connectivity index (χ4n) is 4.67. The Hall–Kier alpha value is -3.12. The molecule has 5 rings (SSSR count). The second-order valence-electron chi connectivity index (χ2n) is 7.58. The highest BCUT2D eigenvalue weighted by molar-refractivity contribution is 5.86. The lowest BCUT2D eigenvalue weighted by molar-refractivity contribution is 0.767. The number of hydrogen-bond donors (Lipinski definition) is 0. The summed E-state index contributed by atoms with van der Waals surface area (Å²) in [5.41, 5.74) is 10.4. The molecule has 1 atom stereocenters. The van der Waals surface area contributed by atoms with Crippen molar-refractivity contribution in [3.05, 3.63) is 130 Å². The smallest absolute Gasteiger partial charge is 0.0622 e. The Balaban J connectivity index is 1.97. The summed E-state index contributed by atoms with van der Waals surface area (Å²) in [5, 5.41) is 0. The van der Waals surface area contributed by atoms with Crippen molar-refractivity contribution in [1.29, 1.82) is 0 Å². The fraction of sp³-hybridized carbons (Fsp3) is 0.111. The first-order valence-corrected chi connectivity index (χ1v) is 9.55. The van der Waals surface area contributed by atoms with Crippen molar-refractivity contribution in [2.45, 2.75) is 19.3 Å². The van der Waals surface area contributed by atoms with Crippen LogP contribution < -0.4 is 0 Å². The molecule has 1 aliphatic carbocycles. The Bertz CT molecular complexity index is 1120. The highest BCUT2D eigenvalue weighted by Gasteiger charge is 2.45. The van der Waals surface area contributed by atoms with E-state index in [0.717, 1.165) is 0 Å². The van der Waals surface area contributed by atoms with E-state index in [4.69, 9.17) is 0 Å². The van der Waals surface area contributed by atoms with E-state index >= 15 is 0 Å². The minimum absolute atomic E-state index is 0.271. The first kappa shape index (κ1) is 16.1. The van der Waals surface area contributed by atoms with Crippen LogP contribution in [0.4, 0.5) is 0 Å². The normalized spacial score (nSPS) is 17.4. The van der Waals surface area contributed by atoms with Crippen LogP contribution in [0.2, 0.25) is 0 Å². The predicted molar refractivity (Wildman–Crippen MR) is 113 cm³/mol. The zero-order valence-corrected chi connectivity index (χ0v) is 15.7. The Labute approximate surface area is 161 Å². The molecule has 0 saturated carbocycles. The molecule has 0 saturated heterocycles. The van der Waals surface area contributed by atoms with E-state index in [2.05, 4.69) is 111 Å². The Kier molecular flexibility index (Phi) is 3.55. The van der Waals surface area contributed by atoms with Crippen molar-refractivity contribution in [3.8, 4) is 11.1 Å². The van der Waals surface area contributed by atoms with E-state index in [-0.39, 0.29) is 5.41 Å². The summed E-state index contributed by atoms with van der Waals surface area (Å²) in [6.45, 7) is 4.34. The van der Waals surface area contributed by atoms with Gasteiger partial charge in [-0.3, -0.25) is 0 Å². The molecule has 0 aromatic heterocycles. The van der Waals surface area contributed by atoms with Gasteiger partial charge in [-0.05, 0) is 47.2 Å². The van der Waals surface area contributed by atoms with Crippen LogP contribution >= 0.6 is 0 Å². The third-order valence-electron chi connectivity index (χ3n) is 5.89. The fourth-order valence-corrected chi connectivity index (χ4v) is 4.67. The van der Waals surface area contributed by atoms with Crippen LogP contribution in [-0.4, -0.2) is 0 Å². The molecule has 0 fully saturated rings. The molecule has 0 spiro atoms.